The van der Waals surface area contributed by atoms with Crippen molar-refractivity contribution in [2.75, 3.05) is 17.5 Å². The first-order chi connectivity index (χ1) is 16.8. The summed E-state index contributed by atoms with van der Waals surface area (Å²) in [4.78, 5) is 22.9. The number of hydrazone groups is 1. The van der Waals surface area contributed by atoms with Crippen LogP contribution < -0.4 is 14.5 Å². The number of hydrogen-bond acceptors (Lipinski definition) is 7. The number of sulfonamides is 1. The zero-order chi connectivity index (χ0) is 25.3. The second-order valence-corrected chi connectivity index (χ2v) is 9.17. The lowest BCUT2D eigenvalue weighted by Gasteiger charge is -2.23. The SMILES string of the molecule is CCCOc1ccc(/C=N\NC(=O)CN(c2ccc([N+](=O)[O-])cc2)S(=O)(=O)c2ccccc2)cc1. The van der Waals surface area contributed by atoms with Gasteiger partial charge in [-0.1, -0.05) is 25.1 Å². The molecule has 0 aliphatic heterocycles. The summed E-state index contributed by atoms with van der Waals surface area (Å²) in [6, 6.07) is 19.6. The van der Waals surface area contributed by atoms with Crippen LogP contribution in [0.1, 0.15) is 18.9 Å². The molecule has 0 aliphatic rings. The number of benzene rings is 3. The smallest absolute Gasteiger partial charge is 0.269 e. The minimum Gasteiger partial charge on any atom is -0.494 e. The lowest BCUT2D eigenvalue weighted by atomic mass is 10.2. The fourth-order valence-corrected chi connectivity index (χ4v) is 4.43. The number of nitrogens with zero attached hydrogens (tertiary/aromatic N) is 3. The number of hydrogen-bond donors (Lipinski definition) is 1. The number of nitro benzene ring substituents is 1. The molecule has 0 saturated heterocycles. The fraction of sp³-hybridized carbons (Fsp3) is 0.167. The molecule has 0 aromatic heterocycles. The number of non-ortho nitro benzene ring substituents is 1. The monoisotopic (exact) mass is 496 g/mol. The Hall–Kier alpha value is -4.25. The van der Waals surface area contributed by atoms with Crippen LogP contribution in [0.5, 0.6) is 5.75 Å². The summed E-state index contributed by atoms with van der Waals surface area (Å²) in [5.74, 6) is 0.0277. The minimum atomic E-state index is -4.14. The van der Waals surface area contributed by atoms with Crippen LogP contribution in [-0.4, -0.2) is 38.6 Å². The number of carbonyl (C=O) groups excluding carboxylic acids is 1. The number of nitrogens with one attached hydrogen (secondary N) is 1. The van der Waals surface area contributed by atoms with E-state index in [0.29, 0.717) is 12.2 Å². The summed E-state index contributed by atoms with van der Waals surface area (Å²) in [6.45, 7) is 2.04. The summed E-state index contributed by atoms with van der Waals surface area (Å²) in [7, 11) is -4.14. The van der Waals surface area contributed by atoms with E-state index in [1.807, 2.05) is 6.92 Å². The first-order valence-corrected chi connectivity index (χ1v) is 12.1. The van der Waals surface area contributed by atoms with Gasteiger partial charge in [0.1, 0.15) is 12.3 Å². The molecule has 0 unspecified atom stereocenters. The predicted molar refractivity (Wildman–Crippen MR) is 132 cm³/mol. The summed E-state index contributed by atoms with van der Waals surface area (Å²) in [5.41, 5.74) is 2.92. The molecule has 11 heteroatoms. The Morgan fingerprint density at radius 1 is 1.06 bits per heavy atom. The minimum absolute atomic E-state index is 0.0277. The van der Waals surface area contributed by atoms with Crippen molar-refractivity contribution in [3.63, 3.8) is 0 Å². The van der Waals surface area contributed by atoms with Gasteiger partial charge in [-0.3, -0.25) is 19.2 Å². The van der Waals surface area contributed by atoms with Crippen molar-refractivity contribution in [2.24, 2.45) is 5.10 Å². The van der Waals surface area contributed by atoms with Gasteiger partial charge in [-0.15, -0.1) is 0 Å². The molecule has 10 nitrogen and oxygen atoms in total. The Kier molecular flexibility index (Phi) is 8.52. The molecule has 0 saturated carbocycles. The molecule has 182 valence electrons. The van der Waals surface area contributed by atoms with E-state index < -0.39 is 27.4 Å². The van der Waals surface area contributed by atoms with Crippen LogP contribution in [0.15, 0.2) is 88.9 Å². The highest BCUT2D eigenvalue weighted by atomic mass is 32.2. The van der Waals surface area contributed by atoms with Crippen LogP contribution in [-0.2, 0) is 14.8 Å². The summed E-state index contributed by atoms with van der Waals surface area (Å²) in [5, 5.41) is 14.9. The largest absolute Gasteiger partial charge is 0.494 e. The number of ether oxygens (including phenoxy) is 1. The molecule has 0 atom stereocenters. The summed E-state index contributed by atoms with van der Waals surface area (Å²) in [6.07, 6.45) is 2.32. The van der Waals surface area contributed by atoms with Crippen molar-refractivity contribution < 1.29 is 22.9 Å². The van der Waals surface area contributed by atoms with Crippen molar-refractivity contribution in [1.82, 2.24) is 5.43 Å². The zero-order valence-electron chi connectivity index (χ0n) is 18.9. The van der Waals surface area contributed by atoms with E-state index >= 15 is 0 Å². The van der Waals surface area contributed by atoms with E-state index in [1.165, 1.54) is 42.6 Å². The number of anilines is 1. The van der Waals surface area contributed by atoms with Gasteiger partial charge >= 0.3 is 0 Å². The number of rotatable bonds is 11. The molecular weight excluding hydrogens is 472 g/mol. The van der Waals surface area contributed by atoms with Crippen molar-refractivity contribution in [1.29, 1.82) is 0 Å². The first-order valence-electron chi connectivity index (χ1n) is 10.7. The van der Waals surface area contributed by atoms with Crippen molar-refractivity contribution >= 4 is 33.5 Å². The molecule has 0 radical (unpaired) electrons. The molecule has 1 amide bonds. The molecular formula is C24H24N4O6S. The van der Waals surface area contributed by atoms with E-state index in [-0.39, 0.29) is 16.3 Å². The van der Waals surface area contributed by atoms with Crippen molar-refractivity contribution in [3.05, 3.63) is 94.5 Å². The lowest BCUT2D eigenvalue weighted by Crippen LogP contribution is -2.39. The second kappa shape index (κ2) is 11.7. The van der Waals surface area contributed by atoms with Crippen LogP contribution in [0, 0.1) is 10.1 Å². The molecule has 0 heterocycles. The van der Waals surface area contributed by atoms with Crippen molar-refractivity contribution in [3.8, 4) is 5.75 Å². The topological polar surface area (TPSA) is 131 Å². The van der Waals surface area contributed by atoms with E-state index in [9.17, 15) is 23.3 Å². The maximum Gasteiger partial charge on any atom is 0.269 e. The van der Waals surface area contributed by atoms with Gasteiger partial charge in [-0.2, -0.15) is 5.10 Å². The molecule has 0 aliphatic carbocycles. The average molecular weight is 497 g/mol. The first kappa shape index (κ1) is 25.4. The standard InChI is InChI=1S/C24H24N4O6S/c1-2-16-34-22-14-8-19(9-15-22)17-25-26-24(29)18-27(20-10-12-21(13-11-20)28(30)31)35(32,33)23-6-4-3-5-7-23/h3-15,17H,2,16,18H2,1H3,(H,26,29)/b25-17-. The maximum absolute atomic E-state index is 13.3. The molecule has 3 aromatic rings. The number of nitro groups is 1. The van der Waals surface area contributed by atoms with Gasteiger partial charge in [0.05, 0.1) is 28.3 Å². The number of carbonyl (C=O) groups is 1. The molecule has 0 spiro atoms. The number of amides is 1. The van der Waals surface area contributed by atoms with Crippen molar-refractivity contribution in [2.45, 2.75) is 18.2 Å². The third-order valence-electron chi connectivity index (χ3n) is 4.72. The Morgan fingerprint density at radius 2 is 1.71 bits per heavy atom. The van der Waals surface area contributed by atoms with Crippen LogP contribution in [0.3, 0.4) is 0 Å². The maximum atomic E-state index is 13.3. The third-order valence-corrected chi connectivity index (χ3v) is 6.51. The van der Waals surface area contributed by atoms with E-state index in [1.54, 1.807) is 42.5 Å². The zero-order valence-corrected chi connectivity index (χ0v) is 19.7. The molecule has 0 bridgehead atoms. The van der Waals surface area contributed by atoms with E-state index in [0.717, 1.165) is 16.5 Å². The molecule has 0 fully saturated rings. The molecule has 3 aromatic carbocycles. The van der Waals surface area contributed by atoms with Gasteiger partial charge in [-0.05, 0) is 60.5 Å². The van der Waals surface area contributed by atoms with Gasteiger partial charge in [0, 0.05) is 12.1 Å². The highest BCUT2D eigenvalue weighted by Gasteiger charge is 2.27. The highest BCUT2D eigenvalue weighted by Crippen LogP contribution is 2.25. The normalized spacial score (nSPS) is 11.2. The van der Waals surface area contributed by atoms with Crippen LogP contribution in [0.2, 0.25) is 0 Å². The van der Waals surface area contributed by atoms with Crippen LogP contribution in [0.4, 0.5) is 11.4 Å². The predicted octanol–water partition coefficient (Wildman–Crippen LogP) is 3.73. The van der Waals surface area contributed by atoms with E-state index in [2.05, 4.69) is 10.5 Å². The Labute approximate surface area is 203 Å². The van der Waals surface area contributed by atoms with Gasteiger partial charge in [0.25, 0.3) is 21.6 Å². The molecule has 1 N–H and O–H groups in total. The Bertz CT molecular complexity index is 1280. The van der Waals surface area contributed by atoms with Gasteiger partial charge in [0.15, 0.2) is 0 Å². The second-order valence-electron chi connectivity index (χ2n) is 7.31. The van der Waals surface area contributed by atoms with E-state index in [4.69, 9.17) is 4.74 Å². The fourth-order valence-electron chi connectivity index (χ4n) is 2.99. The summed E-state index contributed by atoms with van der Waals surface area (Å²) >= 11 is 0. The highest BCUT2D eigenvalue weighted by molar-refractivity contribution is 7.92. The summed E-state index contributed by atoms with van der Waals surface area (Å²) < 4.78 is 32.9. The quantitative estimate of drug-likeness (QED) is 0.244. The molecule has 3 rings (SSSR count). The Morgan fingerprint density at radius 3 is 2.31 bits per heavy atom. The third kappa shape index (κ3) is 6.87. The van der Waals surface area contributed by atoms with Crippen LogP contribution >= 0.6 is 0 Å². The van der Waals surface area contributed by atoms with Crippen LogP contribution in [0.25, 0.3) is 0 Å². The van der Waals surface area contributed by atoms with Gasteiger partial charge < -0.3 is 4.74 Å². The Balaban J connectivity index is 1.76. The van der Waals surface area contributed by atoms with Gasteiger partial charge in [-0.25, -0.2) is 13.8 Å². The lowest BCUT2D eigenvalue weighted by molar-refractivity contribution is -0.384. The average Bonchev–Trinajstić information content (AvgIpc) is 2.87. The molecule has 35 heavy (non-hydrogen) atoms. The van der Waals surface area contributed by atoms with Gasteiger partial charge in [0.2, 0.25) is 0 Å².